The van der Waals surface area contributed by atoms with Crippen LogP contribution in [0.2, 0.25) is 0 Å². The summed E-state index contributed by atoms with van der Waals surface area (Å²) in [7, 11) is 0. The third-order valence-corrected chi connectivity index (χ3v) is 9.29. The molecule has 33 heavy (non-hydrogen) atoms. The molecule has 2 N–H and O–H groups in total. The number of aliphatic hydroxyl groups is 2. The average Bonchev–Trinajstić information content (AvgIpc) is 3.39. The zero-order valence-corrected chi connectivity index (χ0v) is 21.5. The van der Waals surface area contributed by atoms with E-state index >= 15 is 0 Å². The van der Waals surface area contributed by atoms with Crippen LogP contribution in [0, 0.1) is 16.2 Å². The van der Waals surface area contributed by atoms with Crippen LogP contribution in [0.5, 0.6) is 0 Å². The van der Waals surface area contributed by atoms with Gasteiger partial charge >= 0.3 is 0 Å². The lowest BCUT2D eigenvalue weighted by Crippen LogP contribution is -2.43. The molecule has 2 spiro atoms. The van der Waals surface area contributed by atoms with Crippen molar-refractivity contribution in [1.82, 2.24) is 0 Å². The second-order valence-corrected chi connectivity index (χ2v) is 13.3. The predicted octanol–water partition coefficient (Wildman–Crippen LogP) is 4.94. The van der Waals surface area contributed by atoms with Crippen LogP contribution in [0.25, 0.3) is 0 Å². The molecule has 2 aliphatic heterocycles. The number of hydrogen-bond donors (Lipinski definition) is 2. The lowest BCUT2D eigenvalue weighted by atomic mass is 9.70. The van der Waals surface area contributed by atoms with E-state index in [1.54, 1.807) is 0 Å². The Morgan fingerprint density at radius 3 is 1.33 bits per heavy atom. The lowest BCUT2D eigenvalue weighted by molar-refractivity contribution is -0.225. The molecule has 0 bridgehead atoms. The number of ether oxygens (including phenoxy) is 4. The summed E-state index contributed by atoms with van der Waals surface area (Å²) in [4.78, 5) is 0. The van der Waals surface area contributed by atoms with Crippen molar-refractivity contribution in [2.75, 3.05) is 26.4 Å². The predicted molar refractivity (Wildman–Crippen MR) is 127 cm³/mol. The third kappa shape index (κ3) is 6.13. The van der Waals surface area contributed by atoms with Crippen molar-refractivity contribution in [2.24, 2.45) is 16.2 Å². The molecule has 4 rings (SSSR count). The van der Waals surface area contributed by atoms with Crippen molar-refractivity contribution >= 4 is 0 Å². The first-order valence-electron chi connectivity index (χ1n) is 13.3. The maximum absolute atomic E-state index is 10.1. The Morgan fingerprint density at radius 2 is 1.00 bits per heavy atom. The third-order valence-electron chi connectivity index (χ3n) is 9.29. The van der Waals surface area contributed by atoms with Gasteiger partial charge in [-0.1, -0.05) is 27.7 Å². The van der Waals surface area contributed by atoms with Crippen LogP contribution >= 0.6 is 0 Å². The first kappa shape index (κ1) is 25.8. The van der Waals surface area contributed by atoms with E-state index in [0.29, 0.717) is 10.8 Å². The lowest BCUT2D eigenvalue weighted by Gasteiger charge is -2.41. The normalized spacial score (nSPS) is 32.5. The van der Waals surface area contributed by atoms with E-state index in [9.17, 15) is 10.2 Å². The molecule has 2 saturated carbocycles. The van der Waals surface area contributed by atoms with Gasteiger partial charge in [0.05, 0.1) is 43.0 Å². The fourth-order valence-electron chi connectivity index (χ4n) is 6.10. The second kappa shape index (κ2) is 9.67. The van der Waals surface area contributed by atoms with E-state index in [2.05, 4.69) is 27.7 Å². The smallest absolute Gasteiger partial charge is 0.158 e. The standard InChI is InChI=1S/C27H48O6/c1-23(2)9-13-26(14-10-23)7-5-21(32-26)30-19-25(17-28,18-29)20-31-22-6-8-27(33-22)15-11-24(3,4)12-16-27/h21-22,28-29H,5-20H2,1-4H3. The van der Waals surface area contributed by atoms with Crippen LogP contribution in [0.15, 0.2) is 0 Å². The molecule has 0 aromatic heterocycles. The molecule has 2 aliphatic carbocycles. The average molecular weight is 469 g/mol. The summed E-state index contributed by atoms with van der Waals surface area (Å²) in [6, 6.07) is 0. The summed E-state index contributed by atoms with van der Waals surface area (Å²) < 4.78 is 25.0. The molecule has 6 heteroatoms. The molecule has 0 amide bonds. The van der Waals surface area contributed by atoms with Gasteiger partial charge in [-0.15, -0.1) is 0 Å². The van der Waals surface area contributed by atoms with Crippen LogP contribution in [-0.4, -0.2) is 60.4 Å². The molecule has 0 radical (unpaired) electrons. The fraction of sp³-hybridized carbons (Fsp3) is 1.00. The van der Waals surface area contributed by atoms with Crippen molar-refractivity contribution in [3.63, 3.8) is 0 Å². The van der Waals surface area contributed by atoms with Gasteiger partial charge in [0.15, 0.2) is 12.6 Å². The fourth-order valence-corrected chi connectivity index (χ4v) is 6.10. The van der Waals surface area contributed by atoms with Gasteiger partial charge in [-0.05, 0) is 75.0 Å². The number of rotatable bonds is 8. The molecule has 2 saturated heterocycles. The summed E-state index contributed by atoms with van der Waals surface area (Å²) in [6.45, 7) is 9.41. The Hall–Kier alpha value is -0.240. The molecule has 2 atom stereocenters. The molecule has 4 fully saturated rings. The summed E-state index contributed by atoms with van der Waals surface area (Å²) in [5.74, 6) is 0. The van der Waals surface area contributed by atoms with E-state index in [1.165, 1.54) is 25.7 Å². The Kier molecular flexibility index (Phi) is 7.57. The maximum atomic E-state index is 10.1. The topological polar surface area (TPSA) is 77.4 Å². The molecule has 2 heterocycles. The minimum Gasteiger partial charge on any atom is -0.396 e. The second-order valence-electron chi connectivity index (χ2n) is 13.3. The van der Waals surface area contributed by atoms with Gasteiger partial charge in [-0.3, -0.25) is 0 Å². The monoisotopic (exact) mass is 468 g/mol. The van der Waals surface area contributed by atoms with Crippen LogP contribution < -0.4 is 0 Å². The molecule has 0 aromatic carbocycles. The van der Waals surface area contributed by atoms with Crippen molar-refractivity contribution in [3.8, 4) is 0 Å². The summed E-state index contributed by atoms with van der Waals surface area (Å²) in [6.07, 6.45) is 12.4. The molecule has 6 nitrogen and oxygen atoms in total. The quantitative estimate of drug-likeness (QED) is 0.525. The van der Waals surface area contributed by atoms with E-state index in [-0.39, 0.29) is 50.2 Å². The minimum atomic E-state index is -0.846. The zero-order valence-electron chi connectivity index (χ0n) is 21.5. The van der Waals surface area contributed by atoms with E-state index < -0.39 is 5.41 Å². The SMILES string of the molecule is CC1(C)CCC2(CCC(OCC(CO)(CO)COC3CCC4(CCC(C)(C)CC4)O3)O2)CC1. The molecule has 0 aromatic rings. The highest BCUT2D eigenvalue weighted by Crippen LogP contribution is 2.49. The van der Waals surface area contributed by atoms with Crippen LogP contribution in [0.1, 0.15) is 105 Å². The molecule has 4 aliphatic rings. The number of aliphatic hydroxyl groups excluding tert-OH is 2. The molecule has 2 unspecified atom stereocenters. The first-order valence-corrected chi connectivity index (χ1v) is 13.3. The molecular weight excluding hydrogens is 420 g/mol. The summed E-state index contributed by atoms with van der Waals surface area (Å²) in [5.41, 5.74) is -0.122. The highest BCUT2D eigenvalue weighted by molar-refractivity contribution is 4.95. The maximum Gasteiger partial charge on any atom is 0.158 e. The van der Waals surface area contributed by atoms with Gasteiger partial charge in [-0.25, -0.2) is 0 Å². The van der Waals surface area contributed by atoms with E-state index in [4.69, 9.17) is 18.9 Å². The van der Waals surface area contributed by atoms with Crippen LogP contribution in [-0.2, 0) is 18.9 Å². The van der Waals surface area contributed by atoms with Crippen LogP contribution in [0.3, 0.4) is 0 Å². The van der Waals surface area contributed by atoms with Gasteiger partial charge < -0.3 is 29.2 Å². The highest BCUT2D eigenvalue weighted by Gasteiger charge is 2.47. The largest absolute Gasteiger partial charge is 0.396 e. The molecule has 192 valence electrons. The van der Waals surface area contributed by atoms with E-state index in [0.717, 1.165) is 51.4 Å². The zero-order chi connectivity index (χ0) is 23.8. The van der Waals surface area contributed by atoms with Gasteiger partial charge in [0.25, 0.3) is 0 Å². The van der Waals surface area contributed by atoms with E-state index in [1.807, 2.05) is 0 Å². The number of hydrogen-bond acceptors (Lipinski definition) is 6. The van der Waals surface area contributed by atoms with Crippen LogP contribution in [0.4, 0.5) is 0 Å². The Morgan fingerprint density at radius 1 is 0.636 bits per heavy atom. The Labute approximate surface area is 200 Å². The van der Waals surface area contributed by atoms with Crippen molar-refractivity contribution in [2.45, 2.75) is 129 Å². The first-order chi connectivity index (χ1) is 15.5. The highest BCUT2D eigenvalue weighted by atomic mass is 16.7. The van der Waals surface area contributed by atoms with Gasteiger partial charge in [0, 0.05) is 12.8 Å². The molecular formula is C27H48O6. The minimum absolute atomic E-state index is 0.0433. The van der Waals surface area contributed by atoms with Gasteiger partial charge in [0.1, 0.15) is 0 Å². The van der Waals surface area contributed by atoms with Gasteiger partial charge in [-0.2, -0.15) is 0 Å². The van der Waals surface area contributed by atoms with Crippen molar-refractivity contribution in [3.05, 3.63) is 0 Å². The van der Waals surface area contributed by atoms with Crippen molar-refractivity contribution in [1.29, 1.82) is 0 Å². The van der Waals surface area contributed by atoms with Gasteiger partial charge in [0.2, 0.25) is 0 Å². The Balaban J connectivity index is 1.24. The van der Waals surface area contributed by atoms with Crippen molar-refractivity contribution < 1.29 is 29.2 Å². The summed E-state index contributed by atoms with van der Waals surface area (Å²) >= 11 is 0. The Bertz CT molecular complexity index is 583. The summed E-state index contributed by atoms with van der Waals surface area (Å²) in [5, 5.41) is 20.2.